The fourth-order valence-corrected chi connectivity index (χ4v) is 2.33. The van der Waals surface area contributed by atoms with Crippen molar-refractivity contribution >= 4 is 11.9 Å². The van der Waals surface area contributed by atoms with Gasteiger partial charge in [-0.1, -0.05) is 12.1 Å². The van der Waals surface area contributed by atoms with Gasteiger partial charge in [0, 0.05) is 0 Å². The summed E-state index contributed by atoms with van der Waals surface area (Å²) in [4.78, 5) is 23.8. The minimum absolute atomic E-state index is 0.0753. The van der Waals surface area contributed by atoms with E-state index in [1.54, 1.807) is 13.8 Å². The summed E-state index contributed by atoms with van der Waals surface area (Å²) >= 11 is 0. The Labute approximate surface area is 152 Å². The number of hydrogen-bond acceptors (Lipinski definition) is 5. The number of ether oxygens (including phenoxy) is 1. The summed E-state index contributed by atoms with van der Waals surface area (Å²) in [6.07, 6.45) is 0.324. The monoisotopic (exact) mass is 360 g/mol. The number of benzene rings is 1. The van der Waals surface area contributed by atoms with Crippen molar-refractivity contribution in [2.24, 2.45) is 0 Å². The zero-order valence-corrected chi connectivity index (χ0v) is 15.6. The van der Waals surface area contributed by atoms with E-state index in [0.717, 1.165) is 11.4 Å². The zero-order valence-electron chi connectivity index (χ0n) is 15.6. The molecule has 140 valence electrons. The number of nitrogens with zero attached hydrogens (tertiary/aromatic N) is 3. The molecule has 0 fully saturated rings. The van der Waals surface area contributed by atoms with Gasteiger partial charge in [0.1, 0.15) is 11.3 Å². The van der Waals surface area contributed by atoms with Gasteiger partial charge in [0.2, 0.25) is 0 Å². The molecule has 0 aliphatic carbocycles. The smallest absolute Gasteiger partial charge is 0.329 e. The molecule has 0 aliphatic rings. The highest BCUT2D eigenvalue weighted by molar-refractivity contribution is 5.97. The third kappa shape index (κ3) is 4.01. The van der Waals surface area contributed by atoms with E-state index in [4.69, 9.17) is 4.74 Å². The summed E-state index contributed by atoms with van der Waals surface area (Å²) in [7, 11) is 0. The van der Waals surface area contributed by atoms with E-state index in [1.165, 1.54) is 11.6 Å². The van der Waals surface area contributed by atoms with E-state index in [0.29, 0.717) is 5.69 Å². The number of aromatic nitrogens is 3. The second-order valence-electron chi connectivity index (χ2n) is 6.54. The molecule has 0 radical (unpaired) electrons. The van der Waals surface area contributed by atoms with Crippen LogP contribution in [0, 0.1) is 6.92 Å². The molecule has 26 heavy (non-hydrogen) atoms. The van der Waals surface area contributed by atoms with Crippen LogP contribution < -0.4 is 10.1 Å². The predicted molar refractivity (Wildman–Crippen MR) is 95.7 cm³/mol. The van der Waals surface area contributed by atoms with Gasteiger partial charge in [-0.3, -0.25) is 4.79 Å². The molecule has 1 aromatic heterocycles. The Morgan fingerprint density at radius 3 is 2.42 bits per heavy atom. The first-order chi connectivity index (χ1) is 12.2. The van der Waals surface area contributed by atoms with Crippen molar-refractivity contribution in [3.8, 4) is 11.4 Å². The van der Waals surface area contributed by atoms with Gasteiger partial charge in [0.25, 0.3) is 5.91 Å². The summed E-state index contributed by atoms with van der Waals surface area (Å²) in [6.45, 7) is 8.75. The molecular weight excluding hydrogens is 336 g/mol. The first kappa shape index (κ1) is 19.4. The molecule has 1 atom stereocenters. The minimum atomic E-state index is -1.36. The lowest BCUT2D eigenvalue weighted by atomic mass is 9.99. The summed E-state index contributed by atoms with van der Waals surface area (Å²) < 4.78 is 7.13. The lowest BCUT2D eigenvalue weighted by Crippen LogP contribution is -2.51. The highest BCUT2D eigenvalue weighted by Crippen LogP contribution is 2.19. The number of amides is 1. The van der Waals surface area contributed by atoms with Gasteiger partial charge in [-0.05, 0) is 58.4 Å². The fourth-order valence-electron chi connectivity index (χ4n) is 2.33. The van der Waals surface area contributed by atoms with Crippen molar-refractivity contribution in [1.29, 1.82) is 0 Å². The molecule has 8 heteroatoms. The SMILES string of the molecule is CCC(C)(NC(=O)c1nnn(-c2ccc(OC(C)C)cc2)c1C)C(=O)O. The van der Waals surface area contributed by atoms with Gasteiger partial charge >= 0.3 is 5.97 Å². The average Bonchev–Trinajstić information content (AvgIpc) is 2.96. The molecule has 8 nitrogen and oxygen atoms in total. The largest absolute Gasteiger partial charge is 0.491 e. The van der Waals surface area contributed by atoms with E-state index in [1.807, 2.05) is 38.1 Å². The number of nitrogens with one attached hydrogen (secondary N) is 1. The van der Waals surface area contributed by atoms with Gasteiger partial charge in [-0.15, -0.1) is 5.10 Å². The maximum atomic E-state index is 12.5. The third-order valence-electron chi connectivity index (χ3n) is 4.13. The first-order valence-electron chi connectivity index (χ1n) is 8.43. The molecule has 0 saturated carbocycles. The second-order valence-corrected chi connectivity index (χ2v) is 6.54. The zero-order chi connectivity index (χ0) is 19.5. The Hall–Kier alpha value is -2.90. The van der Waals surface area contributed by atoms with Gasteiger partial charge in [-0.25, -0.2) is 9.48 Å². The van der Waals surface area contributed by atoms with Crippen molar-refractivity contribution < 1.29 is 19.4 Å². The van der Waals surface area contributed by atoms with Crippen LogP contribution in [-0.2, 0) is 4.79 Å². The van der Waals surface area contributed by atoms with Gasteiger partial charge < -0.3 is 15.2 Å². The standard InChI is InChI=1S/C18H24N4O4/c1-6-18(5,17(24)25)19-16(23)15-12(4)22(21-20-15)13-7-9-14(10-8-13)26-11(2)3/h7-11H,6H2,1-5H3,(H,19,23)(H,24,25). The maximum Gasteiger partial charge on any atom is 0.329 e. The van der Waals surface area contributed by atoms with Gasteiger partial charge in [-0.2, -0.15) is 0 Å². The van der Waals surface area contributed by atoms with Crippen molar-refractivity contribution in [2.45, 2.75) is 52.7 Å². The van der Waals surface area contributed by atoms with E-state index in [2.05, 4.69) is 15.6 Å². The number of carboxylic acids is 1. The number of carbonyl (C=O) groups excluding carboxylic acids is 1. The number of hydrogen-bond donors (Lipinski definition) is 2. The first-order valence-corrected chi connectivity index (χ1v) is 8.43. The Bertz CT molecular complexity index is 798. The predicted octanol–water partition coefficient (Wildman–Crippen LogP) is 2.35. The lowest BCUT2D eigenvalue weighted by Gasteiger charge is -2.24. The Kier molecular flexibility index (Phi) is 5.64. The van der Waals surface area contributed by atoms with Crippen LogP contribution in [0.1, 0.15) is 50.3 Å². The second kappa shape index (κ2) is 7.55. The van der Waals surface area contributed by atoms with Gasteiger partial charge in [0.15, 0.2) is 5.69 Å². The number of carbonyl (C=O) groups is 2. The van der Waals surface area contributed by atoms with Crippen LogP contribution in [-0.4, -0.2) is 43.6 Å². The molecule has 1 unspecified atom stereocenters. The average molecular weight is 360 g/mol. The van der Waals surface area contributed by atoms with Crippen molar-refractivity contribution in [2.75, 3.05) is 0 Å². The van der Waals surface area contributed by atoms with Crippen molar-refractivity contribution in [1.82, 2.24) is 20.3 Å². The highest BCUT2D eigenvalue weighted by Gasteiger charge is 2.34. The van der Waals surface area contributed by atoms with Gasteiger partial charge in [0.05, 0.1) is 17.5 Å². The van der Waals surface area contributed by atoms with Crippen LogP contribution in [0.4, 0.5) is 0 Å². The lowest BCUT2D eigenvalue weighted by molar-refractivity contribution is -0.143. The molecule has 1 aromatic carbocycles. The minimum Gasteiger partial charge on any atom is -0.491 e. The number of carboxylic acid groups (broad SMARTS) is 1. The van der Waals surface area contributed by atoms with Crippen molar-refractivity contribution in [3.05, 3.63) is 35.7 Å². The molecule has 0 saturated heterocycles. The van der Waals surface area contributed by atoms with Crippen LogP contribution in [0.5, 0.6) is 5.75 Å². The molecule has 0 aliphatic heterocycles. The van der Waals surface area contributed by atoms with Crippen LogP contribution in [0.25, 0.3) is 5.69 Å². The summed E-state index contributed by atoms with van der Waals surface area (Å²) in [6, 6.07) is 7.26. The molecule has 0 bridgehead atoms. The molecule has 0 spiro atoms. The number of rotatable bonds is 7. The van der Waals surface area contributed by atoms with Crippen molar-refractivity contribution in [3.63, 3.8) is 0 Å². The summed E-state index contributed by atoms with van der Waals surface area (Å²) in [5.74, 6) is -0.931. The maximum absolute atomic E-state index is 12.5. The number of aliphatic carboxylic acids is 1. The molecule has 2 aromatic rings. The molecule has 2 rings (SSSR count). The Morgan fingerprint density at radius 2 is 1.92 bits per heavy atom. The van der Waals surface area contributed by atoms with E-state index >= 15 is 0 Å². The molecule has 1 amide bonds. The van der Waals surface area contributed by atoms with E-state index in [9.17, 15) is 14.7 Å². The fraction of sp³-hybridized carbons (Fsp3) is 0.444. The Morgan fingerprint density at radius 1 is 1.31 bits per heavy atom. The molecule has 1 heterocycles. The van der Waals surface area contributed by atoms with E-state index < -0.39 is 17.4 Å². The van der Waals surface area contributed by atoms with E-state index in [-0.39, 0.29) is 18.2 Å². The van der Waals surface area contributed by atoms with Crippen LogP contribution in [0.2, 0.25) is 0 Å². The topological polar surface area (TPSA) is 106 Å². The third-order valence-corrected chi connectivity index (χ3v) is 4.13. The molecule has 2 N–H and O–H groups in total. The normalized spacial score (nSPS) is 13.3. The summed E-state index contributed by atoms with van der Waals surface area (Å²) in [5.41, 5.74) is -0.0256. The Balaban J connectivity index is 2.24. The summed E-state index contributed by atoms with van der Waals surface area (Å²) in [5, 5.41) is 19.8. The quantitative estimate of drug-likeness (QED) is 0.785. The highest BCUT2D eigenvalue weighted by atomic mass is 16.5. The van der Waals surface area contributed by atoms with Crippen LogP contribution in [0.3, 0.4) is 0 Å². The van der Waals surface area contributed by atoms with Crippen LogP contribution in [0.15, 0.2) is 24.3 Å². The molecular formula is C18H24N4O4. The van der Waals surface area contributed by atoms with Crippen LogP contribution >= 0.6 is 0 Å².